The highest BCUT2D eigenvalue weighted by Crippen LogP contribution is 2.26. The Hall–Kier alpha value is -0.720. The van der Waals surface area contributed by atoms with Crippen LogP contribution in [0.4, 0.5) is 5.69 Å². The van der Waals surface area contributed by atoms with Crippen molar-refractivity contribution in [1.29, 1.82) is 0 Å². The predicted molar refractivity (Wildman–Crippen MR) is 83.9 cm³/mol. The first-order chi connectivity index (χ1) is 9.65. The molecule has 0 amide bonds. The minimum absolute atomic E-state index is 0.371. The van der Waals surface area contributed by atoms with E-state index < -0.39 is 10.0 Å². The van der Waals surface area contributed by atoms with Crippen LogP contribution < -0.4 is 10.0 Å². The van der Waals surface area contributed by atoms with Gasteiger partial charge in [0.05, 0.1) is 4.90 Å². The van der Waals surface area contributed by atoms with Crippen molar-refractivity contribution < 1.29 is 8.42 Å². The monoisotopic (exact) mass is 312 g/mol. The average molecular weight is 312 g/mol. The summed E-state index contributed by atoms with van der Waals surface area (Å²) in [5, 5.41) is 3.22. The Morgan fingerprint density at radius 1 is 1.30 bits per heavy atom. The molecule has 0 unspecified atom stereocenters. The number of anilines is 1. The predicted octanol–water partition coefficient (Wildman–Crippen LogP) is 2.08. The molecule has 0 aromatic heterocycles. The van der Waals surface area contributed by atoms with Crippen molar-refractivity contribution in [3.8, 4) is 0 Å². The molecule has 6 heteroatoms. The molecule has 0 radical (unpaired) electrons. The van der Waals surface area contributed by atoms with E-state index in [9.17, 15) is 8.42 Å². The van der Waals surface area contributed by atoms with E-state index in [4.69, 9.17) is 0 Å². The molecule has 0 bridgehead atoms. The summed E-state index contributed by atoms with van der Waals surface area (Å²) in [7, 11) is -3.38. The Labute approximate surface area is 124 Å². The summed E-state index contributed by atoms with van der Waals surface area (Å²) in [6.45, 7) is 1.46. The van der Waals surface area contributed by atoms with Crippen molar-refractivity contribution in [3.63, 3.8) is 0 Å². The number of rotatable bonds is 4. The van der Waals surface area contributed by atoms with Crippen LogP contribution in [0.25, 0.3) is 0 Å². The molecule has 0 aliphatic carbocycles. The molecule has 1 saturated heterocycles. The SMILES string of the molecule is O=S(=O)(NCC1CCSCC1)c1ccc2c(c1)NCC2. The van der Waals surface area contributed by atoms with E-state index in [1.807, 2.05) is 17.8 Å². The van der Waals surface area contributed by atoms with Crippen LogP contribution >= 0.6 is 11.8 Å². The lowest BCUT2D eigenvalue weighted by molar-refractivity contribution is 0.476. The van der Waals surface area contributed by atoms with E-state index in [2.05, 4.69) is 10.0 Å². The molecule has 2 aliphatic heterocycles. The van der Waals surface area contributed by atoms with E-state index in [0.29, 0.717) is 17.4 Å². The van der Waals surface area contributed by atoms with Gasteiger partial charge in [0.25, 0.3) is 0 Å². The summed E-state index contributed by atoms with van der Waals surface area (Å²) >= 11 is 1.96. The van der Waals surface area contributed by atoms with Crippen LogP contribution in [0.1, 0.15) is 18.4 Å². The zero-order chi connectivity index (χ0) is 14.0. The zero-order valence-electron chi connectivity index (χ0n) is 11.4. The number of hydrogen-bond acceptors (Lipinski definition) is 4. The third-order valence-corrected chi connectivity index (χ3v) is 6.47. The molecule has 1 fully saturated rings. The quantitative estimate of drug-likeness (QED) is 0.894. The summed E-state index contributed by atoms with van der Waals surface area (Å²) in [4.78, 5) is 0.371. The van der Waals surface area contributed by atoms with E-state index >= 15 is 0 Å². The molecular formula is C14H20N2O2S2. The Kier molecular flexibility index (Phi) is 4.23. The fourth-order valence-electron chi connectivity index (χ4n) is 2.70. The topological polar surface area (TPSA) is 58.2 Å². The summed E-state index contributed by atoms with van der Waals surface area (Å²) < 4.78 is 27.4. The number of benzene rings is 1. The van der Waals surface area contributed by atoms with Gasteiger partial charge >= 0.3 is 0 Å². The van der Waals surface area contributed by atoms with Crippen molar-refractivity contribution in [1.82, 2.24) is 4.72 Å². The number of hydrogen-bond donors (Lipinski definition) is 2. The molecule has 1 aromatic rings. The standard InChI is InChI=1S/C14H20N2O2S2/c17-20(18,16-10-11-4-7-19-8-5-11)13-2-1-12-3-6-15-14(12)9-13/h1-2,9,11,15-16H,3-8,10H2. The van der Waals surface area contributed by atoms with Crippen molar-refractivity contribution in [3.05, 3.63) is 23.8 Å². The lowest BCUT2D eigenvalue weighted by atomic mass is 10.0. The number of sulfonamides is 1. The maximum Gasteiger partial charge on any atom is 0.240 e. The van der Waals surface area contributed by atoms with Crippen LogP contribution in [0.3, 0.4) is 0 Å². The van der Waals surface area contributed by atoms with Crippen LogP contribution in [-0.2, 0) is 16.4 Å². The molecule has 0 atom stereocenters. The second-order valence-corrected chi connectivity index (χ2v) is 8.40. The van der Waals surface area contributed by atoms with Crippen molar-refractivity contribution in [2.45, 2.75) is 24.2 Å². The molecule has 0 saturated carbocycles. The average Bonchev–Trinajstić information content (AvgIpc) is 2.94. The van der Waals surface area contributed by atoms with Crippen LogP contribution in [0, 0.1) is 5.92 Å². The van der Waals surface area contributed by atoms with E-state index in [-0.39, 0.29) is 0 Å². The first-order valence-electron chi connectivity index (χ1n) is 7.09. The number of thioether (sulfide) groups is 1. The van der Waals surface area contributed by atoms with Crippen LogP contribution in [0.2, 0.25) is 0 Å². The smallest absolute Gasteiger partial charge is 0.240 e. The molecule has 1 aromatic carbocycles. The van der Waals surface area contributed by atoms with E-state index in [1.54, 1.807) is 12.1 Å². The fourth-order valence-corrected chi connectivity index (χ4v) is 5.04. The second kappa shape index (κ2) is 5.95. The first kappa shape index (κ1) is 14.2. The van der Waals surface area contributed by atoms with Crippen LogP contribution in [0.15, 0.2) is 23.1 Å². The molecule has 4 nitrogen and oxygen atoms in total. The van der Waals surface area contributed by atoms with E-state index in [0.717, 1.165) is 43.0 Å². The van der Waals surface area contributed by atoms with Crippen molar-refractivity contribution in [2.75, 3.05) is 29.9 Å². The molecule has 3 rings (SSSR count). The van der Waals surface area contributed by atoms with Gasteiger partial charge in [-0.15, -0.1) is 0 Å². The summed E-state index contributed by atoms with van der Waals surface area (Å²) in [6.07, 6.45) is 3.20. The Morgan fingerprint density at radius 2 is 2.10 bits per heavy atom. The number of fused-ring (bicyclic) bond motifs is 1. The van der Waals surface area contributed by atoms with Gasteiger partial charge < -0.3 is 5.32 Å². The molecular weight excluding hydrogens is 292 g/mol. The lowest BCUT2D eigenvalue weighted by Gasteiger charge is -2.21. The Balaban J connectivity index is 1.68. The normalized spacial score (nSPS) is 19.6. The largest absolute Gasteiger partial charge is 0.384 e. The maximum atomic E-state index is 12.3. The third kappa shape index (κ3) is 3.13. The van der Waals surface area contributed by atoms with Crippen molar-refractivity contribution >= 4 is 27.5 Å². The molecule has 2 N–H and O–H groups in total. The fraction of sp³-hybridized carbons (Fsp3) is 0.571. The summed E-state index contributed by atoms with van der Waals surface area (Å²) in [6, 6.07) is 5.38. The number of nitrogens with one attached hydrogen (secondary N) is 2. The minimum atomic E-state index is -3.38. The minimum Gasteiger partial charge on any atom is -0.384 e. The van der Waals surface area contributed by atoms with Gasteiger partial charge in [0.1, 0.15) is 0 Å². The molecule has 110 valence electrons. The summed E-state index contributed by atoms with van der Waals surface area (Å²) in [5.41, 5.74) is 2.16. The van der Waals surface area contributed by atoms with Gasteiger partial charge in [-0.3, -0.25) is 0 Å². The van der Waals surface area contributed by atoms with Crippen LogP contribution in [0.5, 0.6) is 0 Å². The lowest BCUT2D eigenvalue weighted by Crippen LogP contribution is -2.31. The van der Waals surface area contributed by atoms with Gasteiger partial charge in [-0.2, -0.15) is 11.8 Å². The molecule has 0 spiro atoms. The van der Waals surface area contributed by atoms with Gasteiger partial charge in [-0.05, 0) is 54.4 Å². The first-order valence-corrected chi connectivity index (χ1v) is 9.73. The highest BCUT2D eigenvalue weighted by molar-refractivity contribution is 7.99. The van der Waals surface area contributed by atoms with Gasteiger partial charge in [0.2, 0.25) is 10.0 Å². The van der Waals surface area contributed by atoms with E-state index in [1.165, 1.54) is 5.56 Å². The van der Waals surface area contributed by atoms with Gasteiger partial charge in [-0.1, -0.05) is 6.07 Å². The third-order valence-electron chi connectivity index (χ3n) is 4.00. The van der Waals surface area contributed by atoms with Gasteiger partial charge in [-0.25, -0.2) is 13.1 Å². The van der Waals surface area contributed by atoms with Gasteiger partial charge in [0, 0.05) is 18.8 Å². The van der Waals surface area contributed by atoms with Gasteiger partial charge in [0.15, 0.2) is 0 Å². The van der Waals surface area contributed by atoms with Crippen molar-refractivity contribution in [2.24, 2.45) is 5.92 Å². The molecule has 2 heterocycles. The summed E-state index contributed by atoms with van der Waals surface area (Å²) in [5.74, 6) is 2.78. The van der Waals surface area contributed by atoms with Crippen LogP contribution in [-0.4, -0.2) is 33.0 Å². The zero-order valence-corrected chi connectivity index (χ0v) is 13.0. The Bertz CT molecular complexity index is 581. The highest BCUT2D eigenvalue weighted by Gasteiger charge is 2.20. The maximum absolute atomic E-state index is 12.3. The second-order valence-electron chi connectivity index (χ2n) is 5.40. The molecule has 2 aliphatic rings. The molecule has 20 heavy (non-hydrogen) atoms. The Morgan fingerprint density at radius 3 is 2.90 bits per heavy atom. The highest BCUT2D eigenvalue weighted by atomic mass is 32.2.